The van der Waals surface area contributed by atoms with Crippen LogP contribution in [0.1, 0.15) is 102 Å². The molecule has 0 aliphatic carbocycles. The maximum Gasteiger partial charge on any atom is 0.316 e. The molecule has 0 amide bonds. The van der Waals surface area contributed by atoms with Crippen molar-refractivity contribution in [2.45, 2.75) is 167 Å². The van der Waals surface area contributed by atoms with Crippen molar-refractivity contribution in [2.75, 3.05) is 61.0 Å². The summed E-state index contributed by atoms with van der Waals surface area (Å²) < 4.78 is 25.8. The van der Waals surface area contributed by atoms with Crippen molar-refractivity contribution in [2.24, 2.45) is 17.8 Å². The van der Waals surface area contributed by atoms with Crippen molar-refractivity contribution in [3.63, 3.8) is 0 Å². The molecule has 13 heteroatoms. The molecule has 13 atom stereocenters. The molecular weight excluding hydrogens is 680 g/mol. The summed E-state index contributed by atoms with van der Waals surface area (Å²) in [5.74, 6) is -3.34. The Morgan fingerprint density at radius 1 is 1.04 bits per heavy atom. The van der Waals surface area contributed by atoms with E-state index in [0.29, 0.717) is 32.5 Å². The second kappa shape index (κ2) is 20.2. The predicted molar refractivity (Wildman–Crippen MR) is 208 cm³/mol. The average Bonchev–Trinajstić information content (AvgIpc) is 3.06. The molecule has 0 unspecified atom stereocenters. The number of aliphatic hydroxyl groups is 3. The molecular formula is C40H78N4O9. The van der Waals surface area contributed by atoms with E-state index in [-0.39, 0.29) is 30.0 Å². The van der Waals surface area contributed by atoms with Gasteiger partial charge < -0.3 is 49.4 Å². The van der Waals surface area contributed by atoms with Crippen LogP contribution in [-0.4, -0.2) is 168 Å². The third kappa shape index (κ3) is 12.9. The van der Waals surface area contributed by atoms with Crippen LogP contribution in [0.3, 0.4) is 0 Å². The number of hydrogen-bond acceptors (Lipinski definition) is 13. The topological polar surface area (TPSA) is 154 Å². The summed E-state index contributed by atoms with van der Waals surface area (Å²) in [5.41, 5.74) is -3.10. The normalized spacial score (nSPS) is 39.2. The summed E-state index contributed by atoms with van der Waals surface area (Å²) in [6.07, 6.45) is -3.32. The Bertz CT molecular complexity index is 1140. The van der Waals surface area contributed by atoms with E-state index in [4.69, 9.17) is 18.9 Å². The first-order valence-electron chi connectivity index (χ1n) is 19.9. The Morgan fingerprint density at radius 3 is 2.23 bits per heavy atom. The Labute approximate surface area is 321 Å². The number of ketones is 1. The van der Waals surface area contributed by atoms with Crippen molar-refractivity contribution in [1.82, 2.24) is 20.0 Å². The zero-order valence-electron chi connectivity index (χ0n) is 35.8. The van der Waals surface area contributed by atoms with Crippen LogP contribution in [0, 0.1) is 17.8 Å². The van der Waals surface area contributed by atoms with Crippen LogP contribution in [0.25, 0.3) is 0 Å². The first-order valence-corrected chi connectivity index (χ1v) is 19.9. The van der Waals surface area contributed by atoms with Gasteiger partial charge >= 0.3 is 5.97 Å². The highest BCUT2D eigenvalue weighted by Gasteiger charge is 2.51. The van der Waals surface area contributed by atoms with Crippen molar-refractivity contribution in [3.8, 4) is 0 Å². The molecule has 0 aromatic carbocycles. The Hall–Kier alpha value is -1.26. The standard InChI is InChI=1S/C40H78N4O9/c1-16-31-40(11,49)34(47)29(6)43(14)24-25(2)23-39(10,50-21-19-41-18-17-20-42(12)13)35(27(4)32(45)28(5)36(48)52-31)53-37-33(46)30(22-26(3)51-37)44(15)38(7,8)9/h25-31,33-35,37,41,46-47,49H,16-24H2,1-15H3/t25-,26-,27+,28-,29-,30+,31-,33-,34-,35-,37+,39-,40-/m1/s1. The number of carbonyl (C=O) groups excluding carboxylic acids is 2. The van der Waals surface area contributed by atoms with Gasteiger partial charge in [0.1, 0.15) is 29.8 Å². The van der Waals surface area contributed by atoms with Gasteiger partial charge in [-0.1, -0.05) is 20.8 Å². The van der Waals surface area contributed by atoms with Gasteiger partial charge in [-0.05, 0) is 128 Å². The highest BCUT2D eigenvalue weighted by atomic mass is 16.7. The summed E-state index contributed by atoms with van der Waals surface area (Å²) in [6.45, 7) is 23.8. The van der Waals surface area contributed by atoms with Crippen LogP contribution in [0.2, 0.25) is 0 Å². The summed E-state index contributed by atoms with van der Waals surface area (Å²) in [7, 11) is 7.97. The van der Waals surface area contributed by atoms with Crippen LogP contribution < -0.4 is 5.32 Å². The minimum Gasteiger partial charge on any atom is -0.459 e. The number of esters is 1. The minimum absolute atomic E-state index is 0.0376. The van der Waals surface area contributed by atoms with Crippen LogP contribution in [-0.2, 0) is 28.5 Å². The number of aliphatic hydroxyl groups excluding tert-OH is 2. The predicted octanol–water partition coefficient (Wildman–Crippen LogP) is 2.92. The monoisotopic (exact) mass is 759 g/mol. The number of nitrogens with one attached hydrogen (secondary N) is 1. The Kier molecular flexibility index (Phi) is 18.3. The van der Waals surface area contributed by atoms with E-state index < -0.39 is 71.5 Å². The SMILES string of the molecule is CC[C@H]1OC(=O)[C@H](C)C(=O)[C@H](C)[C@@H](O[C@@H]2O[C@H](C)C[C@H](N(C)C(C)(C)C)[C@H]2O)[C@](C)(OCCNCCCN(C)C)C[C@@H](C)CN(C)[C@H](C)[C@@H](O)[C@]1(C)O. The molecule has 0 spiro atoms. The number of cyclic esters (lactones) is 1. The number of ether oxygens (including phenoxy) is 4. The summed E-state index contributed by atoms with van der Waals surface area (Å²) in [6, 6.07) is -0.776. The Morgan fingerprint density at radius 2 is 1.66 bits per heavy atom. The van der Waals surface area contributed by atoms with E-state index in [1.54, 1.807) is 13.8 Å². The lowest BCUT2D eigenvalue weighted by atomic mass is 9.78. The maximum atomic E-state index is 14.4. The van der Waals surface area contributed by atoms with Gasteiger partial charge in [0.05, 0.1) is 24.4 Å². The van der Waals surface area contributed by atoms with Crippen molar-refractivity contribution < 1.29 is 43.9 Å². The lowest BCUT2D eigenvalue weighted by molar-refractivity contribution is -0.300. The molecule has 53 heavy (non-hydrogen) atoms. The van der Waals surface area contributed by atoms with Gasteiger partial charge in [0.2, 0.25) is 0 Å². The van der Waals surface area contributed by atoms with Gasteiger partial charge in [-0.2, -0.15) is 0 Å². The number of Topliss-reactive ketones (excluding diaryl/α,β-unsaturated/α-hetero) is 1. The zero-order chi connectivity index (χ0) is 40.6. The van der Waals surface area contributed by atoms with Crippen LogP contribution >= 0.6 is 0 Å². The quantitative estimate of drug-likeness (QED) is 0.131. The highest BCUT2D eigenvalue weighted by molar-refractivity contribution is 6.00. The van der Waals surface area contributed by atoms with E-state index in [9.17, 15) is 24.9 Å². The smallest absolute Gasteiger partial charge is 0.316 e. The summed E-state index contributed by atoms with van der Waals surface area (Å²) in [4.78, 5) is 34.3. The van der Waals surface area contributed by atoms with Crippen LogP contribution in [0.15, 0.2) is 0 Å². The van der Waals surface area contributed by atoms with Gasteiger partial charge in [-0.25, -0.2) is 0 Å². The molecule has 2 aliphatic rings. The molecule has 0 radical (unpaired) electrons. The fraction of sp³-hybridized carbons (Fsp3) is 0.950. The molecule has 13 nitrogen and oxygen atoms in total. The molecule has 2 saturated heterocycles. The molecule has 2 heterocycles. The first kappa shape index (κ1) is 47.9. The van der Waals surface area contributed by atoms with E-state index in [1.165, 1.54) is 13.8 Å². The van der Waals surface area contributed by atoms with Gasteiger partial charge in [-0.15, -0.1) is 0 Å². The zero-order valence-corrected chi connectivity index (χ0v) is 35.8. The molecule has 0 saturated carbocycles. The lowest BCUT2D eigenvalue weighted by Crippen LogP contribution is -2.62. The maximum absolute atomic E-state index is 14.4. The van der Waals surface area contributed by atoms with Gasteiger partial charge in [0, 0.05) is 36.6 Å². The number of rotatable bonds is 12. The summed E-state index contributed by atoms with van der Waals surface area (Å²) >= 11 is 0. The third-order valence-corrected chi connectivity index (χ3v) is 11.8. The largest absolute Gasteiger partial charge is 0.459 e. The Balaban J connectivity index is 2.64. The molecule has 0 aromatic heterocycles. The van der Waals surface area contributed by atoms with Crippen molar-refractivity contribution in [3.05, 3.63) is 0 Å². The lowest BCUT2D eigenvalue weighted by Gasteiger charge is -2.49. The van der Waals surface area contributed by atoms with Gasteiger partial charge in [-0.3, -0.25) is 14.5 Å². The highest BCUT2D eigenvalue weighted by Crippen LogP contribution is 2.38. The number of nitrogens with zero attached hydrogens (tertiary/aromatic N) is 3. The molecule has 0 bridgehead atoms. The van der Waals surface area contributed by atoms with Crippen LogP contribution in [0.4, 0.5) is 0 Å². The van der Waals surface area contributed by atoms with Gasteiger partial charge in [0.25, 0.3) is 0 Å². The first-order chi connectivity index (χ1) is 24.4. The number of carbonyl (C=O) groups is 2. The summed E-state index contributed by atoms with van der Waals surface area (Å²) in [5, 5.41) is 38.3. The number of likely N-dealkylation sites (N-methyl/N-ethyl adjacent to an activating group) is 2. The van der Waals surface area contributed by atoms with E-state index in [0.717, 1.165) is 19.5 Å². The van der Waals surface area contributed by atoms with Crippen molar-refractivity contribution in [1.29, 1.82) is 0 Å². The molecule has 2 aliphatic heterocycles. The van der Waals surface area contributed by atoms with E-state index in [1.807, 2.05) is 53.9 Å². The molecule has 312 valence electrons. The molecule has 2 fully saturated rings. The second-order valence-electron chi connectivity index (χ2n) is 17.9. The number of hydrogen-bond donors (Lipinski definition) is 4. The van der Waals surface area contributed by atoms with Crippen molar-refractivity contribution >= 4 is 11.8 Å². The van der Waals surface area contributed by atoms with Gasteiger partial charge in [0.15, 0.2) is 12.1 Å². The minimum atomic E-state index is -1.78. The van der Waals surface area contributed by atoms with Crippen LogP contribution in [0.5, 0.6) is 0 Å². The van der Waals surface area contributed by atoms with E-state index in [2.05, 4.69) is 42.8 Å². The second-order valence-corrected chi connectivity index (χ2v) is 17.9. The molecule has 2 rings (SSSR count). The fourth-order valence-corrected chi connectivity index (χ4v) is 8.07. The molecule has 4 N–H and O–H groups in total. The average molecular weight is 759 g/mol. The molecule has 0 aromatic rings. The third-order valence-electron chi connectivity index (χ3n) is 11.8. The van der Waals surface area contributed by atoms with E-state index >= 15 is 0 Å². The fourth-order valence-electron chi connectivity index (χ4n) is 8.07.